The molecule has 0 saturated carbocycles. The van der Waals surface area contributed by atoms with Gasteiger partial charge in [0.25, 0.3) is 0 Å². The van der Waals surface area contributed by atoms with Crippen molar-refractivity contribution in [2.75, 3.05) is 26.2 Å². The van der Waals surface area contributed by atoms with Crippen molar-refractivity contribution in [3.63, 3.8) is 0 Å². The SMILES string of the molecule is CCOC(=O)CC(CN1CCCC(c2cccc(C(F)(F)F)c2)C1)C(F)(F)F. The van der Waals surface area contributed by atoms with Crippen molar-refractivity contribution in [1.29, 1.82) is 0 Å². The molecule has 1 aromatic carbocycles. The number of alkyl halides is 6. The molecule has 1 aliphatic heterocycles. The Hall–Kier alpha value is -1.77. The van der Waals surface area contributed by atoms with Gasteiger partial charge in [-0.15, -0.1) is 0 Å². The molecule has 0 spiro atoms. The number of hydrogen-bond donors (Lipinski definition) is 0. The van der Waals surface area contributed by atoms with Gasteiger partial charge in [-0.25, -0.2) is 0 Å². The van der Waals surface area contributed by atoms with Gasteiger partial charge in [0.05, 0.1) is 24.5 Å². The number of benzene rings is 1. The van der Waals surface area contributed by atoms with Crippen LogP contribution < -0.4 is 0 Å². The topological polar surface area (TPSA) is 29.5 Å². The molecule has 3 nitrogen and oxygen atoms in total. The van der Waals surface area contributed by atoms with Gasteiger partial charge in [-0.2, -0.15) is 26.3 Å². The van der Waals surface area contributed by atoms with Crippen LogP contribution in [0.15, 0.2) is 24.3 Å². The predicted octanol–water partition coefficient (Wildman–Crippen LogP) is 5.02. The first kappa shape index (κ1) is 22.5. The molecule has 2 atom stereocenters. The molecule has 1 saturated heterocycles. The van der Waals surface area contributed by atoms with Gasteiger partial charge >= 0.3 is 18.3 Å². The fourth-order valence-corrected chi connectivity index (χ4v) is 3.48. The molecule has 1 aliphatic rings. The molecule has 0 radical (unpaired) electrons. The number of hydrogen-bond acceptors (Lipinski definition) is 3. The van der Waals surface area contributed by atoms with Crippen LogP contribution in [0.4, 0.5) is 26.3 Å². The molecule has 28 heavy (non-hydrogen) atoms. The van der Waals surface area contributed by atoms with Crippen LogP contribution in [0.1, 0.15) is 43.2 Å². The fraction of sp³-hybridized carbons (Fsp3) is 0.632. The second-order valence-corrected chi connectivity index (χ2v) is 6.97. The Morgan fingerprint density at radius 2 is 1.96 bits per heavy atom. The number of ether oxygens (including phenoxy) is 1. The molecule has 2 unspecified atom stereocenters. The molecular formula is C19H23F6NO2. The van der Waals surface area contributed by atoms with E-state index in [0.717, 1.165) is 12.1 Å². The monoisotopic (exact) mass is 411 g/mol. The van der Waals surface area contributed by atoms with Crippen molar-refractivity contribution in [2.45, 2.75) is 44.5 Å². The quantitative estimate of drug-likeness (QED) is 0.487. The third-order valence-corrected chi connectivity index (χ3v) is 4.85. The minimum atomic E-state index is -4.56. The third-order valence-electron chi connectivity index (χ3n) is 4.85. The summed E-state index contributed by atoms with van der Waals surface area (Å²) in [4.78, 5) is 13.1. The highest BCUT2D eigenvalue weighted by Gasteiger charge is 2.42. The average molecular weight is 411 g/mol. The average Bonchev–Trinajstić information content (AvgIpc) is 2.60. The van der Waals surface area contributed by atoms with Crippen LogP contribution in [-0.4, -0.2) is 43.3 Å². The summed E-state index contributed by atoms with van der Waals surface area (Å²) in [7, 11) is 0. The van der Waals surface area contributed by atoms with Gasteiger partial charge in [0, 0.05) is 13.1 Å². The molecule has 1 aromatic rings. The summed E-state index contributed by atoms with van der Waals surface area (Å²) in [5.41, 5.74) is -0.300. The molecule has 1 heterocycles. The van der Waals surface area contributed by atoms with E-state index in [0.29, 0.717) is 24.9 Å². The summed E-state index contributed by atoms with van der Waals surface area (Å²) in [6.45, 7) is 1.77. The van der Waals surface area contributed by atoms with Gasteiger partial charge < -0.3 is 9.64 Å². The Balaban J connectivity index is 2.08. The van der Waals surface area contributed by atoms with Gasteiger partial charge in [0.2, 0.25) is 0 Å². The minimum Gasteiger partial charge on any atom is -0.466 e. The summed E-state index contributed by atoms with van der Waals surface area (Å²) in [6, 6.07) is 4.93. The van der Waals surface area contributed by atoms with E-state index in [1.165, 1.54) is 13.0 Å². The van der Waals surface area contributed by atoms with Crippen LogP contribution in [0, 0.1) is 5.92 Å². The highest BCUT2D eigenvalue weighted by molar-refractivity contribution is 5.69. The van der Waals surface area contributed by atoms with Crippen molar-refractivity contribution in [1.82, 2.24) is 4.90 Å². The van der Waals surface area contributed by atoms with E-state index in [-0.39, 0.29) is 25.6 Å². The molecular weight excluding hydrogens is 388 g/mol. The number of carbonyl (C=O) groups excluding carboxylic acids is 1. The molecule has 0 N–H and O–H groups in total. The maximum Gasteiger partial charge on any atom is 0.416 e. The van der Waals surface area contributed by atoms with Crippen molar-refractivity contribution >= 4 is 5.97 Å². The minimum absolute atomic E-state index is 0.00471. The standard InChI is InChI=1S/C19H23F6NO2/c1-2-28-17(27)10-16(19(23,24)25)12-26-8-4-6-14(11-26)13-5-3-7-15(9-13)18(20,21)22/h3,5,7,9,14,16H,2,4,6,8,10-12H2,1H3. The maximum absolute atomic E-state index is 13.3. The Kier molecular flexibility index (Phi) is 7.36. The van der Waals surface area contributed by atoms with Gasteiger partial charge in [0.1, 0.15) is 0 Å². The molecule has 0 bridgehead atoms. The first-order valence-electron chi connectivity index (χ1n) is 9.12. The second kappa shape index (κ2) is 9.15. The third kappa shape index (κ3) is 6.39. The molecule has 0 amide bonds. The number of rotatable bonds is 6. The lowest BCUT2D eigenvalue weighted by Gasteiger charge is -2.35. The lowest BCUT2D eigenvalue weighted by molar-refractivity contribution is -0.188. The lowest BCUT2D eigenvalue weighted by Crippen LogP contribution is -2.42. The van der Waals surface area contributed by atoms with Gasteiger partial charge in [-0.1, -0.05) is 18.2 Å². The molecule has 0 aromatic heterocycles. The van der Waals surface area contributed by atoms with Crippen molar-refractivity contribution < 1.29 is 35.9 Å². The summed E-state index contributed by atoms with van der Waals surface area (Å²) >= 11 is 0. The van der Waals surface area contributed by atoms with Crippen LogP contribution in [-0.2, 0) is 15.7 Å². The number of piperidine rings is 1. The molecule has 0 aliphatic carbocycles. The van der Waals surface area contributed by atoms with Gasteiger partial charge in [-0.3, -0.25) is 4.79 Å². The van der Waals surface area contributed by atoms with Crippen LogP contribution in [0.25, 0.3) is 0 Å². The largest absolute Gasteiger partial charge is 0.466 e. The van der Waals surface area contributed by atoms with Crippen molar-refractivity contribution in [3.05, 3.63) is 35.4 Å². The Labute approximate surface area is 159 Å². The van der Waals surface area contributed by atoms with Crippen molar-refractivity contribution in [2.24, 2.45) is 5.92 Å². The molecule has 2 rings (SSSR count). The Morgan fingerprint density at radius 1 is 1.25 bits per heavy atom. The number of nitrogens with zero attached hydrogens (tertiary/aromatic N) is 1. The number of halogens is 6. The molecule has 158 valence electrons. The highest BCUT2D eigenvalue weighted by Crippen LogP contribution is 2.35. The highest BCUT2D eigenvalue weighted by atomic mass is 19.4. The van der Waals surface area contributed by atoms with Crippen molar-refractivity contribution in [3.8, 4) is 0 Å². The normalized spacial score (nSPS) is 20.0. The predicted molar refractivity (Wildman–Crippen MR) is 90.7 cm³/mol. The summed E-state index contributed by atoms with van der Waals surface area (Å²) in [6.07, 6.45) is -8.61. The van der Waals surface area contributed by atoms with Crippen LogP contribution in [0.5, 0.6) is 0 Å². The first-order chi connectivity index (χ1) is 13.0. The van der Waals surface area contributed by atoms with E-state index < -0.39 is 36.2 Å². The number of likely N-dealkylation sites (tertiary alicyclic amines) is 1. The second-order valence-electron chi connectivity index (χ2n) is 6.97. The van der Waals surface area contributed by atoms with E-state index in [4.69, 9.17) is 0 Å². The number of esters is 1. The fourth-order valence-electron chi connectivity index (χ4n) is 3.48. The van der Waals surface area contributed by atoms with E-state index in [9.17, 15) is 31.1 Å². The smallest absolute Gasteiger partial charge is 0.416 e. The summed E-state index contributed by atoms with van der Waals surface area (Å²) in [5, 5.41) is 0. The lowest BCUT2D eigenvalue weighted by atomic mass is 9.89. The van der Waals surface area contributed by atoms with E-state index in [1.807, 2.05) is 0 Å². The Morgan fingerprint density at radius 3 is 2.57 bits per heavy atom. The van der Waals surface area contributed by atoms with Crippen LogP contribution in [0.2, 0.25) is 0 Å². The number of carbonyl (C=O) groups is 1. The Bertz CT molecular complexity index is 659. The first-order valence-corrected chi connectivity index (χ1v) is 9.12. The summed E-state index contributed by atoms with van der Waals surface area (Å²) in [5.74, 6) is -3.06. The zero-order valence-electron chi connectivity index (χ0n) is 15.4. The maximum atomic E-state index is 13.3. The molecule has 1 fully saturated rings. The van der Waals surface area contributed by atoms with Crippen LogP contribution in [0.3, 0.4) is 0 Å². The van der Waals surface area contributed by atoms with E-state index in [2.05, 4.69) is 4.74 Å². The zero-order valence-corrected chi connectivity index (χ0v) is 15.4. The van der Waals surface area contributed by atoms with E-state index >= 15 is 0 Å². The summed E-state index contributed by atoms with van der Waals surface area (Å²) < 4.78 is 83.3. The van der Waals surface area contributed by atoms with Crippen LogP contribution >= 0.6 is 0 Å². The van der Waals surface area contributed by atoms with Gasteiger partial charge in [-0.05, 0) is 43.9 Å². The van der Waals surface area contributed by atoms with Gasteiger partial charge in [0.15, 0.2) is 0 Å². The zero-order chi connectivity index (χ0) is 20.9. The molecule has 9 heteroatoms. The van der Waals surface area contributed by atoms with E-state index in [1.54, 1.807) is 11.0 Å².